The van der Waals surface area contributed by atoms with E-state index < -0.39 is 11.9 Å². The van der Waals surface area contributed by atoms with Crippen LogP contribution in [0.4, 0.5) is 0 Å². The van der Waals surface area contributed by atoms with Crippen LogP contribution in [0.5, 0.6) is 0 Å². The van der Waals surface area contributed by atoms with Crippen LogP contribution in [0.1, 0.15) is 20.7 Å². The van der Waals surface area contributed by atoms with Crippen molar-refractivity contribution < 1.29 is 19.4 Å². The van der Waals surface area contributed by atoms with Crippen LogP contribution in [-0.2, 0) is 4.74 Å². The third-order valence-corrected chi connectivity index (χ3v) is 2.88. The predicted octanol–water partition coefficient (Wildman–Crippen LogP) is 2.73. The quantitative estimate of drug-likeness (QED) is 0.710. The number of H-pyrrole nitrogens is 1. The summed E-state index contributed by atoms with van der Waals surface area (Å²) in [5.41, 5.74) is 1.41. The van der Waals surface area contributed by atoms with E-state index in [1.54, 1.807) is 0 Å². The van der Waals surface area contributed by atoms with Crippen molar-refractivity contribution in [2.24, 2.45) is 0 Å². The number of methoxy groups -OCH3 is 1. The van der Waals surface area contributed by atoms with E-state index in [2.05, 4.69) is 14.9 Å². The average Bonchev–Trinajstić information content (AvgIpc) is 3.03. The van der Waals surface area contributed by atoms with Crippen LogP contribution in [0.3, 0.4) is 0 Å². The summed E-state index contributed by atoms with van der Waals surface area (Å²) in [5, 5.41) is 16.5. The first-order valence-corrected chi connectivity index (χ1v) is 6.41. The number of aromatic carboxylic acids is 1. The molecular weight excluding hydrogens is 284 g/mol. The van der Waals surface area contributed by atoms with Crippen LogP contribution in [-0.4, -0.2) is 34.4 Å². The molecule has 2 aromatic carbocycles. The van der Waals surface area contributed by atoms with E-state index in [0.29, 0.717) is 0 Å². The molecule has 112 valence electrons. The van der Waals surface area contributed by atoms with Crippen LogP contribution < -0.4 is 0 Å². The summed E-state index contributed by atoms with van der Waals surface area (Å²) >= 11 is 0. The molecule has 0 bridgehead atoms. The molecule has 22 heavy (non-hydrogen) atoms. The van der Waals surface area contributed by atoms with Gasteiger partial charge in [0.05, 0.1) is 30.0 Å². The number of hydrogen-bond acceptors (Lipinski definition) is 4. The second-order valence-electron chi connectivity index (χ2n) is 4.33. The zero-order valence-corrected chi connectivity index (χ0v) is 11.8. The molecule has 0 aliphatic carbocycles. The molecule has 3 aromatic rings. The Labute approximate surface area is 126 Å². The first kappa shape index (κ1) is 15.2. The van der Waals surface area contributed by atoms with Crippen molar-refractivity contribution in [3.8, 4) is 0 Å². The molecule has 6 heteroatoms. The number of ether oxygens (including phenoxy) is 1. The summed E-state index contributed by atoms with van der Waals surface area (Å²) in [5.74, 6) is -1.60. The number of nitrogens with zero attached hydrogens (tertiary/aromatic N) is 1. The molecule has 0 amide bonds. The van der Waals surface area contributed by atoms with Crippen LogP contribution in [0.15, 0.2) is 54.7 Å². The number of hydrogen-bond donors (Lipinski definition) is 2. The number of fused-ring (bicyclic) bond motifs is 1. The van der Waals surface area contributed by atoms with Crippen molar-refractivity contribution in [3.63, 3.8) is 0 Å². The van der Waals surface area contributed by atoms with Gasteiger partial charge in [0.15, 0.2) is 0 Å². The number of carbonyl (C=O) groups excluding carboxylic acids is 1. The number of aromatic nitrogens is 2. The van der Waals surface area contributed by atoms with Gasteiger partial charge in [-0.2, -0.15) is 5.10 Å². The molecular formula is C16H14N2O4. The normalized spacial score (nSPS) is 9.68. The molecule has 6 nitrogen and oxygen atoms in total. The largest absolute Gasteiger partial charge is 0.478 e. The molecule has 0 aliphatic heterocycles. The van der Waals surface area contributed by atoms with Crippen LogP contribution in [0.25, 0.3) is 10.9 Å². The molecule has 0 spiro atoms. The Balaban J connectivity index is 0.000000170. The van der Waals surface area contributed by atoms with Gasteiger partial charge in [-0.15, -0.1) is 0 Å². The van der Waals surface area contributed by atoms with Crippen LogP contribution in [0.2, 0.25) is 0 Å². The van der Waals surface area contributed by atoms with Gasteiger partial charge in [-0.25, -0.2) is 9.59 Å². The fraction of sp³-hybridized carbons (Fsp3) is 0.0625. The summed E-state index contributed by atoms with van der Waals surface area (Å²) in [6.45, 7) is 0. The number of para-hydroxylation sites is 1. The molecule has 0 saturated carbocycles. The Kier molecular flexibility index (Phi) is 4.87. The van der Waals surface area contributed by atoms with Gasteiger partial charge in [0.1, 0.15) is 0 Å². The number of carboxylic acids is 1. The Morgan fingerprint density at radius 3 is 2.50 bits per heavy atom. The fourth-order valence-electron chi connectivity index (χ4n) is 1.78. The first-order chi connectivity index (χ1) is 10.6. The third kappa shape index (κ3) is 3.69. The van der Waals surface area contributed by atoms with Gasteiger partial charge in [-0.1, -0.05) is 24.3 Å². The van der Waals surface area contributed by atoms with Crippen LogP contribution >= 0.6 is 0 Å². The third-order valence-electron chi connectivity index (χ3n) is 2.88. The van der Waals surface area contributed by atoms with Gasteiger partial charge in [0.2, 0.25) is 0 Å². The molecule has 0 aliphatic rings. The van der Waals surface area contributed by atoms with Gasteiger partial charge in [-0.05, 0) is 24.3 Å². The topological polar surface area (TPSA) is 92.3 Å². The molecule has 1 heterocycles. The number of aromatic amines is 1. The number of esters is 1. The SMILES string of the molecule is COC(=O)c1cccc(C(=O)O)c1.c1ccc2[nH]ncc2c1. The minimum atomic E-state index is -1.06. The summed E-state index contributed by atoms with van der Waals surface area (Å²) in [6.07, 6.45) is 1.81. The second-order valence-corrected chi connectivity index (χ2v) is 4.33. The minimum absolute atomic E-state index is 0.0721. The average molecular weight is 298 g/mol. The monoisotopic (exact) mass is 298 g/mol. The lowest BCUT2D eigenvalue weighted by Gasteiger charge is -1.99. The molecule has 0 radical (unpaired) electrons. The Morgan fingerprint density at radius 2 is 1.82 bits per heavy atom. The molecule has 0 fully saturated rings. The molecule has 2 N–H and O–H groups in total. The molecule has 1 aromatic heterocycles. The van der Waals surface area contributed by atoms with E-state index >= 15 is 0 Å². The fourth-order valence-corrected chi connectivity index (χ4v) is 1.78. The number of nitrogens with one attached hydrogen (secondary N) is 1. The standard InChI is InChI=1S/C9H8O4.C7H6N2/c1-13-9(12)7-4-2-3-6(5-7)8(10)11;1-2-4-7-6(3-1)5-8-9-7/h2-5H,1H3,(H,10,11);1-5H,(H,8,9). The molecule has 3 rings (SSSR count). The van der Waals surface area contributed by atoms with Crippen molar-refractivity contribution in [1.29, 1.82) is 0 Å². The zero-order valence-electron chi connectivity index (χ0n) is 11.8. The van der Waals surface area contributed by atoms with Gasteiger partial charge < -0.3 is 9.84 Å². The Hall–Kier alpha value is -3.15. The highest BCUT2D eigenvalue weighted by Crippen LogP contribution is 2.07. The summed E-state index contributed by atoms with van der Waals surface area (Å²) in [4.78, 5) is 21.5. The van der Waals surface area contributed by atoms with Crippen LogP contribution in [0, 0.1) is 0 Å². The van der Waals surface area contributed by atoms with Gasteiger partial charge in [0, 0.05) is 5.39 Å². The first-order valence-electron chi connectivity index (χ1n) is 6.41. The summed E-state index contributed by atoms with van der Waals surface area (Å²) < 4.78 is 4.44. The number of rotatable bonds is 2. The lowest BCUT2D eigenvalue weighted by Crippen LogP contribution is -2.03. The maximum atomic E-state index is 11.0. The maximum Gasteiger partial charge on any atom is 0.337 e. The molecule has 0 atom stereocenters. The predicted molar refractivity (Wildman–Crippen MR) is 80.8 cm³/mol. The summed E-state index contributed by atoms with van der Waals surface area (Å²) in [7, 11) is 1.25. The number of benzene rings is 2. The highest BCUT2D eigenvalue weighted by Gasteiger charge is 2.08. The van der Waals surface area contributed by atoms with E-state index in [1.807, 2.05) is 30.5 Å². The highest BCUT2D eigenvalue weighted by molar-refractivity contribution is 5.94. The van der Waals surface area contributed by atoms with E-state index in [-0.39, 0.29) is 11.1 Å². The van der Waals surface area contributed by atoms with Crippen molar-refractivity contribution in [2.45, 2.75) is 0 Å². The van der Waals surface area contributed by atoms with E-state index in [0.717, 1.165) is 10.9 Å². The van der Waals surface area contributed by atoms with Crippen molar-refractivity contribution in [3.05, 3.63) is 65.9 Å². The van der Waals surface area contributed by atoms with E-state index in [4.69, 9.17) is 5.11 Å². The number of carboxylic acid groups (broad SMARTS) is 1. The Bertz CT molecular complexity index is 765. The lowest BCUT2D eigenvalue weighted by molar-refractivity contribution is 0.0600. The van der Waals surface area contributed by atoms with Gasteiger partial charge >= 0.3 is 11.9 Å². The number of carbonyl (C=O) groups is 2. The van der Waals surface area contributed by atoms with Crippen molar-refractivity contribution >= 4 is 22.8 Å². The van der Waals surface area contributed by atoms with Gasteiger partial charge in [0.25, 0.3) is 0 Å². The van der Waals surface area contributed by atoms with E-state index in [9.17, 15) is 9.59 Å². The van der Waals surface area contributed by atoms with Crippen molar-refractivity contribution in [2.75, 3.05) is 7.11 Å². The molecule has 0 saturated heterocycles. The summed E-state index contributed by atoms with van der Waals surface area (Å²) in [6, 6.07) is 13.7. The van der Waals surface area contributed by atoms with Gasteiger partial charge in [-0.3, -0.25) is 5.10 Å². The highest BCUT2D eigenvalue weighted by atomic mass is 16.5. The Morgan fingerprint density at radius 1 is 1.09 bits per heavy atom. The zero-order chi connectivity index (χ0) is 15.9. The van der Waals surface area contributed by atoms with Crippen molar-refractivity contribution in [1.82, 2.24) is 10.2 Å². The lowest BCUT2D eigenvalue weighted by atomic mass is 10.1. The molecule has 0 unspecified atom stereocenters. The van der Waals surface area contributed by atoms with E-state index in [1.165, 1.54) is 31.4 Å². The smallest absolute Gasteiger partial charge is 0.337 e. The second kappa shape index (κ2) is 7.03. The minimum Gasteiger partial charge on any atom is -0.478 e. The maximum absolute atomic E-state index is 11.0.